The zero-order valence-electron chi connectivity index (χ0n) is 10.7. The first-order valence-corrected chi connectivity index (χ1v) is 6.07. The Morgan fingerprint density at radius 2 is 1.94 bits per heavy atom. The van der Waals surface area contributed by atoms with Crippen LogP contribution in [-0.4, -0.2) is 33.0 Å². The molecular formula is C13H19N3O2. The van der Waals surface area contributed by atoms with E-state index in [1.807, 2.05) is 30.5 Å². The fourth-order valence-electron chi connectivity index (χ4n) is 2.15. The van der Waals surface area contributed by atoms with Crippen LogP contribution in [0.5, 0.6) is 0 Å². The number of nitrogens with zero attached hydrogens (tertiary/aromatic N) is 2. The number of hydrogen-bond acceptors (Lipinski definition) is 4. The molecule has 0 amide bonds. The van der Waals surface area contributed by atoms with Gasteiger partial charge in [-0.25, -0.2) is 4.98 Å². The minimum atomic E-state index is -0.365. The number of aromatic nitrogens is 2. The molecule has 0 spiro atoms. The number of anilines is 1. The second-order valence-corrected chi connectivity index (χ2v) is 4.76. The van der Waals surface area contributed by atoms with Crippen LogP contribution in [0.1, 0.15) is 31.6 Å². The SMILES string of the molecule is CC(C)c1nc2cc(N)ccc2n1C(CO)CO. The van der Waals surface area contributed by atoms with Crippen molar-refractivity contribution in [3.8, 4) is 0 Å². The average Bonchev–Trinajstić information content (AvgIpc) is 2.70. The minimum absolute atomic E-state index is 0.119. The lowest BCUT2D eigenvalue weighted by Gasteiger charge is -2.18. The number of fused-ring (bicyclic) bond motifs is 1. The predicted octanol–water partition coefficient (Wildman–Crippen LogP) is 1.27. The van der Waals surface area contributed by atoms with E-state index in [9.17, 15) is 10.2 Å². The van der Waals surface area contributed by atoms with Crippen LogP contribution in [0.15, 0.2) is 18.2 Å². The summed E-state index contributed by atoms with van der Waals surface area (Å²) in [7, 11) is 0. The van der Waals surface area contributed by atoms with Crippen LogP contribution < -0.4 is 5.73 Å². The Bertz CT molecular complexity index is 544. The smallest absolute Gasteiger partial charge is 0.112 e. The third-order valence-corrected chi connectivity index (χ3v) is 3.04. The van der Waals surface area contributed by atoms with Gasteiger partial charge in [0.2, 0.25) is 0 Å². The summed E-state index contributed by atoms with van der Waals surface area (Å²) in [5, 5.41) is 18.8. The normalized spacial score (nSPS) is 11.9. The van der Waals surface area contributed by atoms with Crippen LogP contribution in [0.3, 0.4) is 0 Å². The molecule has 0 saturated carbocycles. The van der Waals surface area contributed by atoms with E-state index in [0.717, 1.165) is 16.9 Å². The number of nitrogen functional groups attached to an aromatic ring is 1. The molecule has 1 heterocycles. The Kier molecular flexibility index (Phi) is 3.54. The number of hydrogen-bond donors (Lipinski definition) is 3. The van der Waals surface area contributed by atoms with Crippen molar-refractivity contribution in [2.24, 2.45) is 0 Å². The van der Waals surface area contributed by atoms with Gasteiger partial charge >= 0.3 is 0 Å². The molecule has 0 atom stereocenters. The van der Waals surface area contributed by atoms with Gasteiger partial charge in [0, 0.05) is 11.6 Å². The fraction of sp³-hybridized carbons (Fsp3) is 0.462. The fourth-order valence-corrected chi connectivity index (χ4v) is 2.15. The maximum Gasteiger partial charge on any atom is 0.112 e. The minimum Gasteiger partial charge on any atom is -0.399 e. The Balaban J connectivity index is 2.69. The third-order valence-electron chi connectivity index (χ3n) is 3.04. The molecule has 18 heavy (non-hydrogen) atoms. The topological polar surface area (TPSA) is 84.3 Å². The summed E-state index contributed by atoms with van der Waals surface area (Å²) in [5.74, 6) is 1.06. The standard InChI is InChI=1S/C13H19N3O2/c1-8(2)13-15-11-5-9(14)3-4-12(11)16(13)10(6-17)7-18/h3-5,8,10,17-18H,6-7,14H2,1-2H3. The first-order chi connectivity index (χ1) is 8.58. The van der Waals surface area contributed by atoms with E-state index in [1.54, 1.807) is 6.07 Å². The maximum absolute atomic E-state index is 9.38. The van der Waals surface area contributed by atoms with Gasteiger partial charge in [0.05, 0.1) is 30.3 Å². The van der Waals surface area contributed by atoms with E-state index < -0.39 is 0 Å². The largest absolute Gasteiger partial charge is 0.399 e. The van der Waals surface area contributed by atoms with Gasteiger partial charge in [-0.3, -0.25) is 0 Å². The second-order valence-electron chi connectivity index (χ2n) is 4.76. The van der Waals surface area contributed by atoms with Crippen LogP contribution >= 0.6 is 0 Å². The van der Waals surface area contributed by atoms with Gasteiger partial charge in [0.1, 0.15) is 5.82 Å². The number of imidazole rings is 1. The van der Waals surface area contributed by atoms with Crippen molar-refractivity contribution in [3.63, 3.8) is 0 Å². The molecule has 0 aliphatic carbocycles. The van der Waals surface area contributed by atoms with Crippen molar-refractivity contribution in [2.45, 2.75) is 25.8 Å². The van der Waals surface area contributed by atoms with Crippen LogP contribution in [0.2, 0.25) is 0 Å². The van der Waals surface area contributed by atoms with Crippen molar-refractivity contribution in [1.29, 1.82) is 0 Å². The lowest BCUT2D eigenvalue weighted by molar-refractivity contribution is 0.154. The zero-order valence-corrected chi connectivity index (χ0v) is 10.7. The first-order valence-electron chi connectivity index (χ1n) is 6.07. The molecule has 1 aromatic heterocycles. The van der Waals surface area contributed by atoms with Gasteiger partial charge in [0.15, 0.2) is 0 Å². The van der Waals surface area contributed by atoms with Crippen molar-refractivity contribution in [2.75, 3.05) is 18.9 Å². The summed E-state index contributed by atoms with van der Waals surface area (Å²) >= 11 is 0. The second kappa shape index (κ2) is 4.96. The molecule has 5 nitrogen and oxygen atoms in total. The molecule has 0 radical (unpaired) electrons. The Hall–Kier alpha value is -1.59. The van der Waals surface area contributed by atoms with Crippen LogP contribution in [0.25, 0.3) is 11.0 Å². The van der Waals surface area contributed by atoms with Crippen LogP contribution in [0.4, 0.5) is 5.69 Å². The van der Waals surface area contributed by atoms with E-state index in [4.69, 9.17) is 5.73 Å². The number of nitrogens with two attached hydrogens (primary N) is 1. The molecule has 0 bridgehead atoms. The summed E-state index contributed by atoms with van der Waals surface area (Å²) in [6.45, 7) is 3.83. The molecule has 0 saturated heterocycles. The molecular weight excluding hydrogens is 230 g/mol. The van der Waals surface area contributed by atoms with Crippen molar-refractivity contribution < 1.29 is 10.2 Å². The first kappa shape index (κ1) is 12.9. The maximum atomic E-state index is 9.38. The van der Waals surface area contributed by atoms with E-state index in [2.05, 4.69) is 4.98 Å². The summed E-state index contributed by atoms with van der Waals surface area (Å²) in [6.07, 6.45) is 0. The Morgan fingerprint density at radius 1 is 1.28 bits per heavy atom. The molecule has 98 valence electrons. The molecule has 0 aliphatic rings. The number of rotatable bonds is 4. The van der Waals surface area contributed by atoms with Crippen molar-refractivity contribution in [3.05, 3.63) is 24.0 Å². The zero-order chi connectivity index (χ0) is 13.3. The highest BCUT2D eigenvalue weighted by Crippen LogP contribution is 2.27. The number of aliphatic hydroxyl groups is 2. The monoisotopic (exact) mass is 249 g/mol. The molecule has 0 aliphatic heterocycles. The van der Waals surface area contributed by atoms with Gasteiger partial charge in [-0.15, -0.1) is 0 Å². The molecule has 2 aromatic rings. The number of aliphatic hydroxyl groups excluding tert-OH is 2. The lowest BCUT2D eigenvalue weighted by atomic mass is 10.2. The third kappa shape index (κ3) is 2.07. The quantitative estimate of drug-likeness (QED) is 0.712. The Labute approximate surface area is 106 Å². The summed E-state index contributed by atoms with van der Waals surface area (Å²) in [5.41, 5.74) is 8.10. The molecule has 4 N–H and O–H groups in total. The van der Waals surface area contributed by atoms with Gasteiger partial charge in [-0.05, 0) is 18.2 Å². The molecule has 2 rings (SSSR count). The summed E-state index contributed by atoms with van der Waals surface area (Å²) in [6, 6.07) is 5.12. The van der Waals surface area contributed by atoms with Crippen molar-refractivity contribution in [1.82, 2.24) is 9.55 Å². The Morgan fingerprint density at radius 3 is 2.50 bits per heavy atom. The van der Waals surface area contributed by atoms with Gasteiger partial charge < -0.3 is 20.5 Å². The summed E-state index contributed by atoms with van der Waals surface area (Å²) in [4.78, 5) is 4.55. The number of benzene rings is 1. The van der Waals surface area contributed by atoms with Crippen LogP contribution in [0, 0.1) is 0 Å². The average molecular weight is 249 g/mol. The van der Waals surface area contributed by atoms with Crippen molar-refractivity contribution >= 4 is 16.7 Å². The highest BCUT2D eigenvalue weighted by Gasteiger charge is 2.19. The highest BCUT2D eigenvalue weighted by molar-refractivity contribution is 5.80. The van der Waals surface area contributed by atoms with Gasteiger partial charge in [-0.2, -0.15) is 0 Å². The van der Waals surface area contributed by atoms with Gasteiger partial charge in [0.25, 0.3) is 0 Å². The molecule has 1 aromatic carbocycles. The summed E-state index contributed by atoms with van der Waals surface area (Å²) < 4.78 is 1.90. The van der Waals surface area contributed by atoms with Crippen LogP contribution in [-0.2, 0) is 0 Å². The predicted molar refractivity (Wildman–Crippen MR) is 71.4 cm³/mol. The van der Waals surface area contributed by atoms with E-state index in [-0.39, 0.29) is 25.2 Å². The lowest BCUT2D eigenvalue weighted by Crippen LogP contribution is -2.20. The van der Waals surface area contributed by atoms with Gasteiger partial charge in [-0.1, -0.05) is 13.8 Å². The molecule has 5 heteroatoms. The molecule has 0 fully saturated rings. The highest BCUT2D eigenvalue weighted by atomic mass is 16.3. The van der Waals surface area contributed by atoms with E-state index >= 15 is 0 Å². The molecule has 0 unspecified atom stereocenters. The van der Waals surface area contributed by atoms with E-state index in [0.29, 0.717) is 5.69 Å². The van der Waals surface area contributed by atoms with E-state index in [1.165, 1.54) is 0 Å².